The quantitative estimate of drug-likeness (QED) is 0.431. The summed E-state index contributed by atoms with van der Waals surface area (Å²) in [5.41, 5.74) is -0.207. The Hall–Kier alpha value is -1.96. The average Bonchev–Trinajstić information content (AvgIpc) is 3.09. The Balaban J connectivity index is 1.80. The maximum absolute atomic E-state index is 11.7. The molecular weight excluding hydrogens is 252 g/mol. The Morgan fingerprint density at radius 3 is 3.00 bits per heavy atom. The van der Waals surface area contributed by atoms with Crippen LogP contribution in [0.3, 0.4) is 0 Å². The summed E-state index contributed by atoms with van der Waals surface area (Å²) in [7, 11) is 0. The molecule has 104 valence electrons. The topological polar surface area (TPSA) is 110 Å². The van der Waals surface area contributed by atoms with Gasteiger partial charge >= 0.3 is 5.69 Å². The molecule has 19 heavy (non-hydrogen) atoms. The molecule has 0 spiro atoms. The first-order valence-corrected chi connectivity index (χ1v) is 6.15. The molecule has 2 rings (SSSR count). The third kappa shape index (κ3) is 3.50. The van der Waals surface area contributed by atoms with Gasteiger partial charge in [-0.15, -0.1) is 0 Å². The Morgan fingerprint density at radius 1 is 1.63 bits per heavy atom. The van der Waals surface area contributed by atoms with E-state index in [1.165, 1.54) is 19.8 Å². The van der Waals surface area contributed by atoms with Crippen molar-refractivity contribution < 1.29 is 14.5 Å². The van der Waals surface area contributed by atoms with Crippen molar-refractivity contribution in [3.05, 3.63) is 21.5 Å². The molecule has 1 aromatic rings. The van der Waals surface area contributed by atoms with E-state index in [2.05, 4.69) is 15.5 Å². The Bertz CT molecular complexity index is 481. The maximum Gasteiger partial charge on any atom is 0.322 e. The Kier molecular flexibility index (Phi) is 4.10. The van der Waals surface area contributed by atoms with Gasteiger partial charge in [-0.3, -0.25) is 20.0 Å². The van der Waals surface area contributed by atoms with Gasteiger partial charge in [0.1, 0.15) is 5.69 Å². The number of hydrogen-bond donors (Lipinski definition) is 2. The Morgan fingerprint density at radius 2 is 2.37 bits per heavy atom. The van der Waals surface area contributed by atoms with Crippen LogP contribution in [0.5, 0.6) is 0 Å². The molecular formula is C11H16N4O4. The van der Waals surface area contributed by atoms with Gasteiger partial charge < -0.3 is 10.1 Å². The molecule has 0 aromatic carbocycles. The van der Waals surface area contributed by atoms with Crippen LogP contribution in [0.2, 0.25) is 0 Å². The van der Waals surface area contributed by atoms with Crippen molar-refractivity contribution in [2.75, 3.05) is 19.8 Å². The highest BCUT2D eigenvalue weighted by atomic mass is 16.6. The highest BCUT2D eigenvalue weighted by Gasteiger charge is 2.26. The minimum Gasteiger partial charge on any atom is -0.379 e. The summed E-state index contributed by atoms with van der Waals surface area (Å²) in [5.74, 6) is 0.108. The maximum atomic E-state index is 11.7. The molecule has 1 saturated carbocycles. The number of aromatic nitrogens is 2. The first-order valence-electron chi connectivity index (χ1n) is 6.15. The van der Waals surface area contributed by atoms with E-state index in [1.807, 2.05) is 0 Å². The van der Waals surface area contributed by atoms with E-state index in [0.717, 1.165) is 6.61 Å². The summed E-state index contributed by atoms with van der Waals surface area (Å²) in [4.78, 5) is 21.9. The summed E-state index contributed by atoms with van der Waals surface area (Å²) in [6.45, 7) is 2.94. The van der Waals surface area contributed by atoms with Crippen molar-refractivity contribution in [3.8, 4) is 0 Å². The van der Waals surface area contributed by atoms with Gasteiger partial charge in [0.2, 0.25) is 5.69 Å². The summed E-state index contributed by atoms with van der Waals surface area (Å²) < 4.78 is 5.35. The van der Waals surface area contributed by atoms with Crippen LogP contribution in [0.15, 0.2) is 0 Å². The molecule has 1 aliphatic carbocycles. The lowest BCUT2D eigenvalue weighted by atomic mass is 10.3. The van der Waals surface area contributed by atoms with Crippen LogP contribution in [0, 0.1) is 23.0 Å². The number of carbonyl (C=O) groups excluding carboxylic acids is 1. The highest BCUT2D eigenvalue weighted by molar-refractivity contribution is 5.96. The second-order valence-electron chi connectivity index (χ2n) is 4.58. The zero-order valence-electron chi connectivity index (χ0n) is 10.6. The monoisotopic (exact) mass is 268 g/mol. The van der Waals surface area contributed by atoms with Crippen LogP contribution < -0.4 is 5.32 Å². The van der Waals surface area contributed by atoms with Crippen molar-refractivity contribution in [3.63, 3.8) is 0 Å². The minimum absolute atomic E-state index is 0.190. The number of carbonyl (C=O) groups is 1. The molecule has 0 atom stereocenters. The normalized spacial score (nSPS) is 14.4. The molecule has 0 bridgehead atoms. The predicted octanol–water partition coefficient (Wildman–Crippen LogP) is 0.783. The molecule has 2 N–H and O–H groups in total. The molecule has 1 aliphatic rings. The minimum atomic E-state index is -0.614. The van der Waals surface area contributed by atoms with Gasteiger partial charge in [0.15, 0.2) is 0 Å². The zero-order chi connectivity index (χ0) is 13.8. The first kappa shape index (κ1) is 13.5. The number of H-pyrrole nitrogens is 1. The molecule has 1 amide bonds. The fourth-order valence-corrected chi connectivity index (χ4v) is 1.66. The lowest BCUT2D eigenvalue weighted by Crippen LogP contribution is -2.28. The average molecular weight is 268 g/mol. The molecule has 8 nitrogen and oxygen atoms in total. The van der Waals surface area contributed by atoms with Crippen LogP contribution in [-0.2, 0) is 4.74 Å². The van der Waals surface area contributed by atoms with Gasteiger partial charge in [0, 0.05) is 13.2 Å². The first-order chi connectivity index (χ1) is 9.09. The number of hydrogen-bond acceptors (Lipinski definition) is 5. The van der Waals surface area contributed by atoms with E-state index in [-0.39, 0.29) is 17.1 Å². The SMILES string of the molecule is Cc1[nH]nc(C(=O)NCCOCC2CC2)c1[N+](=O)[O-]. The van der Waals surface area contributed by atoms with Crippen LogP contribution in [0.4, 0.5) is 5.69 Å². The van der Waals surface area contributed by atoms with E-state index in [4.69, 9.17) is 4.74 Å². The number of rotatable bonds is 7. The van der Waals surface area contributed by atoms with E-state index < -0.39 is 10.8 Å². The van der Waals surface area contributed by atoms with Crippen molar-refractivity contribution >= 4 is 11.6 Å². The van der Waals surface area contributed by atoms with Crippen molar-refractivity contribution in [1.29, 1.82) is 0 Å². The fraction of sp³-hybridized carbons (Fsp3) is 0.636. The number of amides is 1. The standard InChI is InChI=1S/C11H16N4O4/c1-7-10(15(17)18)9(14-13-7)11(16)12-4-5-19-6-8-2-3-8/h8H,2-6H2,1H3,(H,12,16)(H,13,14). The van der Waals surface area contributed by atoms with Crippen LogP contribution in [-0.4, -0.2) is 40.8 Å². The second-order valence-corrected chi connectivity index (χ2v) is 4.58. The van der Waals surface area contributed by atoms with E-state index in [0.29, 0.717) is 19.1 Å². The van der Waals surface area contributed by atoms with Crippen LogP contribution >= 0.6 is 0 Å². The van der Waals surface area contributed by atoms with Gasteiger partial charge in [0.05, 0.1) is 11.5 Å². The number of aromatic amines is 1. The number of aryl methyl sites for hydroxylation is 1. The van der Waals surface area contributed by atoms with E-state index >= 15 is 0 Å². The van der Waals surface area contributed by atoms with Gasteiger partial charge in [-0.05, 0) is 25.7 Å². The molecule has 0 unspecified atom stereocenters. The number of nitrogens with zero attached hydrogens (tertiary/aromatic N) is 2. The van der Waals surface area contributed by atoms with Crippen LogP contribution in [0.1, 0.15) is 29.0 Å². The highest BCUT2D eigenvalue weighted by Crippen LogP contribution is 2.28. The van der Waals surface area contributed by atoms with Gasteiger partial charge in [-0.2, -0.15) is 5.10 Å². The van der Waals surface area contributed by atoms with Crippen molar-refractivity contribution in [2.45, 2.75) is 19.8 Å². The third-order valence-corrected chi connectivity index (χ3v) is 2.90. The second kappa shape index (κ2) is 5.79. The lowest BCUT2D eigenvalue weighted by molar-refractivity contribution is -0.385. The molecule has 1 heterocycles. The fourth-order valence-electron chi connectivity index (χ4n) is 1.66. The Labute approximate surface area is 109 Å². The third-order valence-electron chi connectivity index (χ3n) is 2.90. The van der Waals surface area contributed by atoms with Gasteiger partial charge in [-0.1, -0.05) is 0 Å². The smallest absolute Gasteiger partial charge is 0.322 e. The van der Waals surface area contributed by atoms with Gasteiger partial charge in [-0.25, -0.2) is 0 Å². The summed E-state index contributed by atoms with van der Waals surface area (Å²) in [5, 5.41) is 19.5. The predicted molar refractivity (Wildman–Crippen MR) is 65.9 cm³/mol. The molecule has 8 heteroatoms. The molecule has 1 aromatic heterocycles. The lowest BCUT2D eigenvalue weighted by Gasteiger charge is -2.04. The summed E-state index contributed by atoms with van der Waals surface area (Å²) in [6, 6.07) is 0. The van der Waals surface area contributed by atoms with E-state index in [9.17, 15) is 14.9 Å². The van der Waals surface area contributed by atoms with Crippen LogP contribution in [0.25, 0.3) is 0 Å². The molecule has 1 fully saturated rings. The largest absolute Gasteiger partial charge is 0.379 e. The molecule has 0 aliphatic heterocycles. The summed E-state index contributed by atoms with van der Waals surface area (Å²) >= 11 is 0. The molecule has 0 radical (unpaired) electrons. The molecule has 0 saturated heterocycles. The summed E-state index contributed by atoms with van der Waals surface area (Å²) in [6.07, 6.45) is 2.43. The number of nitrogens with one attached hydrogen (secondary N) is 2. The number of nitro groups is 1. The van der Waals surface area contributed by atoms with E-state index in [1.54, 1.807) is 0 Å². The van der Waals surface area contributed by atoms with Gasteiger partial charge in [0.25, 0.3) is 5.91 Å². The van der Waals surface area contributed by atoms with Crippen molar-refractivity contribution in [2.24, 2.45) is 5.92 Å². The number of ether oxygens (including phenoxy) is 1. The van der Waals surface area contributed by atoms with Crippen molar-refractivity contribution in [1.82, 2.24) is 15.5 Å². The zero-order valence-corrected chi connectivity index (χ0v) is 10.6.